The van der Waals surface area contributed by atoms with Gasteiger partial charge < -0.3 is 30.6 Å². The molecule has 0 rings (SSSR count). The Labute approximate surface area is 75.7 Å². The van der Waals surface area contributed by atoms with Crippen molar-refractivity contribution in [2.45, 2.75) is 44.1 Å². The van der Waals surface area contributed by atoms with Crippen LogP contribution in [0.15, 0.2) is 0 Å². The zero-order valence-corrected chi connectivity index (χ0v) is 7.22. The van der Waals surface area contributed by atoms with E-state index in [1.807, 2.05) is 0 Å². The van der Waals surface area contributed by atoms with Crippen LogP contribution in [0.3, 0.4) is 0 Å². The van der Waals surface area contributed by atoms with Crippen LogP contribution in [0.5, 0.6) is 0 Å². The highest BCUT2D eigenvalue weighted by molar-refractivity contribution is 4.52. The van der Waals surface area contributed by atoms with Crippen LogP contribution < -0.4 is 0 Å². The Bertz CT molecular complexity index is 117. The molecule has 0 spiro atoms. The molecule has 0 saturated carbocycles. The highest BCUT2D eigenvalue weighted by Gasteiger charge is 2.19. The Hall–Kier alpha value is -0.240. The van der Waals surface area contributed by atoms with Gasteiger partial charge in [0.05, 0.1) is 0 Å². The average Bonchev–Trinajstić information content (AvgIpc) is 1.81. The number of aliphatic hydroxyl groups is 6. The average molecular weight is 196 g/mol. The van der Waals surface area contributed by atoms with Crippen LogP contribution in [0.2, 0.25) is 0 Å². The van der Waals surface area contributed by atoms with Gasteiger partial charge in [0, 0.05) is 12.8 Å². The maximum atomic E-state index is 8.44. The van der Waals surface area contributed by atoms with Crippen molar-refractivity contribution in [2.24, 2.45) is 0 Å². The van der Waals surface area contributed by atoms with Gasteiger partial charge in [-0.05, 0) is 12.8 Å². The van der Waals surface area contributed by atoms with Gasteiger partial charge in [-0.2, -0.15) is 0 Å². The third-order valence-corrected chi connectivity index (χ3v) is 1.52. The summed E-state index contributed by atoms with van der Waals surface area (Å²) in [5.41, 5.74) is 0. The summed E-state index contributed by atoms with van der Waals surface area (Å²) in [7, 11) is 0. The number of hydrogen-bond donors (Lipinski definition) is 6. The molecule has 0 aliphatic heterocycles. The molecule has 0 amide bonds. The second-order valence-electron chi connectivity index (χ2n) is 3.11. The van der Waals surface area contributed by atoms with E-state index in [0.717, 1.165) is 0 Å². The summed E-state index contributed by atoms with van der Waals surface area (Å²) in [6.07, 6.45) is 0.677. The molecule has 6 N–H and O–H groups in total. The van der Waals surface area contributed by atoms with Crippen LogP contribution in [0, 0.1) is 0 Å². The molecule has 6 heteroatoms. The molecule has 0 aromatic heterocycles. The normalized spacial score (nSPS) is 13.4. The minimum atomic E-state index is -2.66. The van der Waals surface area contributed by atoms with E-state index < -0.39 is 11.9 Å². The molecule has 0 atom stereocenters. The molecule has 13 heavy (non-hydrogen) atoms. The van der Waals surface area contributed by atoms with E-state index in [9.17, 15) is 0 Å². The van der Waals surface area contributed by atoms with E-state index in [1.54, 1.807) is 0 Å². The van der Waals surface area contributed by atoms with Crippen LogP contribution in [0.1, 0.15) is 32.1 Å². The summed E-state index contributed by atoms with van der Waals surface area (Å²) in [4.78, 5) is 0. The van der Waals surface area contributed by atoms with Crippen molar-refractivity contribution in [1.82, 2.24) is 0 Å². The fraction of sp³-hybridized carbons (Fsp3) is 1.00. The maximum absolute atomic E-state index is 8.44. The van der Waals surface area contributed by atoms with Gasteiger partial charge >= 0.3 is 0 Å². The van der Waals surface area contributed by atoms with Crippen molar-refractivity contribution in [3.8, 4) is 0 Å². The quantitative estimate of drug-likeness (QED) is 0.220. The van der Waals surface area contributed by atoms with Crippen LogP contribution in [0.4, 0.5) is 0 Å². The Morgan fingerprint density at radius 2 is 0.846 bits per heavy atom. The third-order valence-electron chi connectivity index (χ3n) is 1.52. The highest BCUT2D eigenvalue weighted by Crippen LogP contribution is 2.12. The third kappa shape index (κ3) is 11.8. The molecule has 6 nitrogen and oxygen atoms in total. The number of unbranched alkanes of at least 4 members (excludes halogenated alkanes) is 2. The molecule has 0 aromatic rings. The Morgan fingerprint density at radius 1 is 0.538 bits per heavy atom. The van der Waals surface area contributed by atoms with Crippen LogP contribution in [0.25, 0.3) is 0 Å². The summed E-state index contributed by atoms with van der Waals surface area (Å²) in [5.74, 6) is -5.32. The monoisotopic (exact) mass is 196 g/mol. The second kappa shape index (κ2) is 4.85. The van der Waals surface area contributed by atoms with Gasteiger partial charge in [-0.25, -0.2) is 0 Å². The van der Waals surface area contributed by atoms with Crippen molar-refractivity contribution in [2.75, 3.05) is 0 Å². The van der Waals surface area contributed by atoms with Crippen LogP contribution in [-0.2, 0) is 0 Å². The van der Waals surface area contributed by atoms with E-state index in [4.69, 9.17) is 30.6 Å². The van der Waals surface area contributed by atoms with Crippen molar-refractivity contribution in [1.29, 1.82) is 0 Å². The van der Waals surface area contributed by atoms with Gasteiger partial charge in [0.15, 0.2) is 0 Å². The number of hydrogen-bond acceptors (Lipinski definition) is 6. The van der Waals surface area contributed by atoms with E-state index in [2.05, 4.69) is 0 Å². The Morgan fingerprint density at radius 3 is 1.08 bits per heavy atom. The summed E-state index contributed by atoms with van der Waals surface area (Å²) in [5, 5.41) is 50.6. The van der Waals surface area contributed by atoms with Gasteiger partial charge in [-0.3, -0.25) is 0 Å². The Kier molecular flexibility index (Phi) is 4.76. The van der Waals surface area contributed by atoms with E-state index in [0.29, 0.717) is 19.3 Å². The topological polar surface area (TPSA) is 121 Å². The van der Waals surface area contributed by atoms with Gasteiger partial charge in [0.25, 0.3) is 11.9 Å². The van der Waals surface area contributed by atoms with Gasteiger partial charge in [0.2, 0.25) is 0 Å². The van der Waals surface area contributed by atoms with Crippen molar-refractivity contribution in [3.05, 3.63) is 0 Å². The van der Waals surface area contributed by atoms with E-state index in [1.165, 1.54) is 0 Å². The molecule has 0 radical (unpaired) electrons. The van der Waals surface area contributed by atoms with Crippen molar-refractivity contribution in [3.63, 3.8) is 0 Å². The highest BCUT2D eigenvalue weighted by atomic mass is 16.7. The van der Waals surface area contributed by atoms with Gasteiger partial charge in [0.1, 0.15) is 0 Å². The predicted molar refractivity (Wildman–Crippen MR) is 41.9 cm³/mol. The smallest absolute Gasteiger partial charge is 0.275 e. The molecule has 0 fully saturated rings. The molecular weight excluding hydrogens is 180 g/mol. The van der Waals surface area contributed by atoms with Gasteiger partial charge in [-0.15, -0.1) is 0 Å². The molecule has 0 unspecified atom stereocenters. The molecule has 0 aromatic carbocycles. The maximum Gasteiger partial charge on any atom is 0.275 e. The fourth-order valence-corrected chi connectivity index (χ4v) is 0.901. The summed E-state index contributed by atoms with van der Waals surface area (Å²) in [6.45, 7) is 0. The Balaban J connectivity index is 3.28. The van der Waals surface area contributed by atoms with E-state index >= 15 is 0 Å². The molecular formula is C7H16O6. The zero-order valence-electron chi connectivity index (χ0n) is 7.22. The van der Waals surface area contributed by atoms with Crippen LogP contribution in [-0.4, -0.2) is 42.6 Å². The van der Waals surface area contributed by atoms with Gasteiger partial charge in [-0.1, -0.05) is 6.42 Å². The first-order valence-corrected chi connectivity index (χ1v) is 4.05. The standard InChI is InChI=1S/C7H16O6/c8-6(9,10)4-2-1-3-5-7(11,12)13/h8-13H,1-5H2. The molecule has 0 saturated heterocycles. The molecule has 80 valence electrons. The molecule has 0 bridgehead atoms. The first kappa shape index (κ1) is 12.8. The predicted octanol–water partition coefficient (Wildman–Crippen LogP) is -1.80. The van der Waals surface area contributed by atoms with Crippen molar-refractivity contribution < 1.29 is 30.6 Å². The SMILES string of the molecule is OC(O)(O)CCCCCC(O)(O)O. The number of rotatable bonds is 6. The van der Waals surface area contributed by atoms with Crippen LogP contribution >= 0.6 is 0 Å². The lowest BCUT2D eigenvalue weighted by Crippen LogP contribution is -2.27. The zero-order chi connectivity index (χ0) is 10.5. The minimum absolute atomic E-state index is 0.206. The molecule has 0 aliphatic rings. The van der Waals surface area contributed by atoms with Crippen molar-refractivity contribution >= 4 is 0 Å². The summed E-state index contributed by atoms with van der Waals surface area (Å²) < 4.78 is 0. The first-order chi connectivity index (χ1) is 5.71. The molecule has 0 aliphatic carbocycles. The lowest BCUT2D eigenvalue weighted by Gasteiger charge is -2.15. The lowest BCUT2D eigenvalue weighted by molar-refractivity contribution is -0.316. The minimum Gasteiger partial charge on any atom is -0.344 e. The second-order valence-corrected chi connectivity index (χ2v) is 3.11. The molecule has 0 heterocycles. The summed E-state index contributed by atoms with van der Waals surface area (Å²) >= 11 is 0. The first-order valence-electron chi connectivity index (χ1n) is 4.05. The largest absolute Gasteiger partial charge is 0.344 e. The van der Waals surface area contributed by atoms with E-state index in [-0.39, 0.29) is 12.8 Å². The summed E-state index contributed by atoms with van der Waals surface area (Å²) in [6, 6.07) is 0. The lowest BCUT2D eigenvalue weighted by atomic mass is 10.1. The fourth-order valence-electron chi connectivity index (χ4n) is 0.901.